The highest BCUT2D eigenvalue weighted by Gasteiger charge is 2.28. The molecule has 1 aliphatic heterocycles. The molecule has 0 unspecified atom stereocenters. The van der Waals surface area contributed by atoms with Gasteiger partial charge in [0.05, 0.1) is 0 Å². The minimum Gasteiger partial charge on any atom is -0.331 e. The quantitative estimate of drug-likeness (QED) is 0.497. The van der Waals surface area contributed by atoms with Crippen LogP contribution in [0.1, 0.15) is 46.0 Å². The maximum absolute atomic E-state index is 4.39. The number of amidine groups is 1. The van der Waals surface area contributed by atoms with Gasteiger partial charge in [-0.25, -0.2) is 0 Å². The summed E-state index contributed by atoms with van der Waals surface area (Å²) in [6, 6.07) is 0.646. The van der Waals surface area contributed by atoms with E-state index in [1.54, 1.807) is 0 Å². The average molecular weight is 194 g/mol. The smallest absolute Gasteiger partial charge is 0.103 e. The van der Waals surface area contributed by atoms with Crippen molar-refractivity contribution in [1.82, 2.24) is 4.90 Å². The van der Waals surface area contributed by atoms with Gasteiger partial charge in [-0.15, -0.1) is 0 Å². The first kappa shape index (κ1) is 11.3. The highest BCUT2D eigenvalue weighted by atomic mass is 15.2. The minimum atomic E-state index is 0.646. The van der Waals surface area contributed by atoms with Crippen molar-refractivity contribution in [3.8, 4) is 0 Å². The zero-order chi connectivity index (χ0) is 10.6. The topological polar surface area (TPSA) is 15.6 Å². The van der Waals surface area contributed by atoms with E-state index in [9.17, 15) is 0 Å². The van der Waals surface area contributed by atoms with E-state index in [4.69, 9.17) is 0 Å². The molecule has 80 valence electrons. The summed E-state index contributed by atoms with van der Waals surface area (Å²) in [7, 11) is 1.89. The molecule has 0 N–H and O–H groups in total. The fraction of sp³-hybridized carbons (Fsp3) is 0.750. The molecule has 1 atom stereocenters. The SMILES string of the molecule is C=C1CC[C@H](CC)N1C(CCC)=NC. The van der Waals surface area contributed by atoms with Crippen molar-refractivity contribution < 1.29 is 0 Å². The molecule has 0 aromatic heterocycles. The van der Waals surface area contributed by atoms with Crippen molar-refractivity contribution >= 4 is 5.84 Å². The zero-order valence-electron chi connectivity index (χ0n) is 9.71. The molecule has 2 heteroatoms. The fourth-order valence-electron chi connectivity index (χ4n) is 2.18. The molecule has 1 rings (SSSR count). The number of rotatable bonds is 3. The Morgan fingerprint density at radius 3 is 2.79 bits per heavy atom. The molecular formula is C12H22N2. The lowest BCUT2D eigenvalue weighted by molar-refractivity contribution is 0.408. The first-order valence-electron chi connectivity index (χ1n) is 5.67. The van der Waals surface area contributed by atoms with Gasteiger partial charge in [0, 0.05) is 25.2 Å². The molecule has 0 saturated carbocycles. The van der Waals surface area contributed by atoms with Gasteiger partial charge in [0.15, 0.2) is 0 Å². The molecule has 14 heavy (non-hydrogen) atoms. The Kier molecular flexibility index (Phi) is 4.18. The van der Waals surface area contributed by atoms with Crippen LogP contribution in [0.3, 0.4) is 0 Å². The van der Waals surface area contributed by atoms with Crippen LogP contribution >= 0.6 is 0 Å². The van der Waals surface area contributed by atoms with Crippen LogP contribution in [0, 0.1) is 0 Å². The third-order valence-electron chi connectivity index (χ3n) is 2.95. The van der Waals surface area contributed by atoms with Crippen LogP contribution in [0.2, 0.25) is 0 Å². The van der Waals surface area contributed by atoms with Crippen molar-refractivity contribution in [1.29, 1.82) is 0 Å². The molecule has 0 aliphatic carbocycles. The van der Waals surface area contributed by atoms with Gasteiger partial charge < -0.3 is 4.90 Å². The van der Waals surface area contributed by atoms with Gasteiger partial charge in [-0.3, -0.25) is 4.99 Å². The largest absolute Gasteiger partial charge is 0.331 e. The number of aliphatic imine (C=N–C) groups is 1. The highest BCUT2D eigenvalue weighted by molar-refractivity contribution is 5.84. The lowest BCUT2D eigenvalue weighted by Crippen LogP contribution is -2.33. The summed E-state index contributed by atoms with van der Waals surface area (Å²) in [6.07, 6.45) is 5.82. The fourth-order valence-corrected chi connectivity index (χ4v) is 2.18. The van der Waals surface area contributed by atoms with Crippen LogP contribution in [-0.4, -0.2) is 23.8 Å². The molecule has 0 aromatic carbocycles. The van der Waals surface area contributed by atoms with E-state index >= 15 is 0 Å². The Labute approximate surface area is 87.7 Å². The van der Waals surface area contributed by atoms with Gasteiger partial charge in [0.1, 0.15) is 5.84 Å². The van der Waals surface area contributed by atoms with Crippen molar-refractivity contribution in [2.24, 2.45) is 4.99 Å². The van der Waals surface area contributed by atoms with E-state index in [0.717, 1.165) is 19.3 Å². The van der Waals surface area contributed by atoms with Crippen LogP contribution in [0.4, 0.5) is 0 Å². The van der Waals surface area contributed by atoms with Crippen molar-refractivity contribution in [3.05, 3.63) is 12.3 Å². The normalized spacial score (nSPS) is 23.4. The summed E-state index contributed by atoms with van der Waals surface area (Å²) in [5.41, 5.74) is 1.26. The molecular weight excluding hydrogens is 172 g/mol. The second kappa shape index (κ2) is 5.18. The van der Waals surface area contributed by atoms with Gasteiger partial charge in [0.25, 0.3) is 0 Å². The van der Waals surface area contributed by atoms with Crippen molar-refractivity contribution in [2.75, 3.05) is 7.05 Å². The highest BCUT2D eigenvalue weighted by Crippen LogP contribution is 2.29. The Morgan fingerprint density at radius 2 is 2.29 bits per heavy atom. The molecule has 1 fully saturated rings. The van der Waals surface area contributed by atoms with Gasteiger partial charge in [0.2, 0.25) is 0 Å². The molecule has 1 saturated heterocycles. The minimum absolute atomic E-state index is 0.646. The Morgan fingerprint density at radius 1 is 1.57 bits per heavy atom. The van der Waals surface area contributed by atoms with E-state index in [-0.39, 0.29) is 0 Å². The van der Waals surface area contributed by atoms with Crippen LogP contribution in [0.25, 0.3) is 0 Å². The van der Waals surface area contributed by atoms with Gasteiger partial charge >= 0.3 is 0 Å². The van der Waals surface area contributed by atoms with E-state index in [1.807, 2.05) is 7.05 Å². The third kappa shape index (κ3) is 2.17. The number of hydrogen-bond donors (Lipinski definition) is 0. The molecule has 0 radical (unpaired) electrons. The summed E-state index contributed by atoms with van der Waals surface area (Å²) in [5.74, 6) is 1.22. The van der Waals surface area contributed by atoms with Crippen LogP contribution < -0.4 is 0 Å². The van der Waals surface area contributed by atoms with E-state index in [0.29, 0.717) is 6.04 Å². The molecule has 0 aromatic rings. The summed E-state index contributed by atoms with van der Waals surface area (Å²) >= 11 is 0. The van der Waals surface area contributed by atoms with Crippen molar-refractivity contribution in [3.63, 3.8) is 0 Å². The van der Waals surface area contributed by atoms with Gasteiger partial charge in [-0.2, -0.15) is 0 Å². The van der Waals surface area contributed by atoms with Crippen LogP contribution in [0.15, 0.2) is 17.3 Å². The lowest BCUT2D eigenvalue weighted by atomic mass is 10.1. The third-order valence-corrected chi connectivity index (χ3v) is 2.95. The summed E-state index contributed by atoms with van der Waals surface area (Å²) < 4.78 is 0. The van der Waals surface area contributed by atoms with E-state index < -0.39 is 0 Å². The first-order chi connectivity index (χ1) is 6.74. The summed E-state index contributed by atoms with van der Waals surface area (Å²) in [4.78, 5) is 6.75. The van der Waals surface area contributed by atoms with Gasteiger partial charge in [-0.1, -0.05) is 20.4 Å². The lowest BCUT2D eigenvalue weighted by Gasteiger charge is -2.27. The summed E-state index contributed by atoms with van der Waals surface area (Å²) in [5, 5.41) is 0. The molecule has 1 heterocycles. The molecule has 0 amide bonds. The average Bonchev–Trinajstić information content (AvgIpc) is 2.56. The Balaban J connectivity index is 2.76. The van der Waals surface area contributed by atoms with E-state index in [2.05, 4.69) is 30.3 Å². The predicted octanol–water partition coefficient (Wildman–Crippen LogP) is 3.20. The van der Waals surface area contributed by atoms with Crippen molar-refractivity contribution in [2.45, 2.75) is 52.0 Å². The maximum Gasteiger partial charge on any atom is 0.103 e. The number of nitrogens with zero attached hydrogens (tertiary/aromatic N) is 2. The number of likely N-dealkylation sites (tertiary alicyclic amines) is 1. The molecule has 2 nitrogen and oxygen atoms in total. The number of hydrogen-bond acceptors (Lipinski definition) is 1. The molecule has 0 bridgehead atoms. The van der Waals surface area contributed by atoms with Crippen LogP contribution in [0.5, 0.6) is 0 Å². The second-order valence-electron chi connectivity index (χ2n) is 3.93. The molecule has 0 spiro atoms. The Hall–Kier alpha value is -0.790. The predicted molar refractivity (Wildman–Crippen MR) is 62.6 cm³/mol. The van der Waals surface area contributed by atoms with Gasteiger partial charge in [-0.05, 0) is 25.7 Å². The zero-order valence-corrected chi connectivity index (χ0v) is 9.71. The first-order valence-corrected chi connectivity index (χ1v) is 5.67. The second-order valence-corrected chi connectivity index (χ2v) is 3.93. The number of allylic oxidation sites excluding steroid dienone is 1. The monoisotopic (exact) mass is 194 g/mol. The van der Waals surface area contributed by atoms with Crippen LogP contribution in [-0.2, 0) is 0 Å². The standard InChI is InChI=1S/C12H22N2/c1-5-7-12(13-4)14-10(3)8-9-11(14)6-2/h11H,3,5-9H2,1-2,4H3/t11-/m0/s1. The Bertz CT molecular complexity index is 230. The summed E-state index contributed by atoms with van der Waals surface area (Å²) in [6.45, 7) is 8.57. The maximum atomic E-state index is 4.39. The van der Waals surface area contributed by atoms with E-state index in [1.165, 1.54) is 24.4 Å². The molecule has 1 aliphatic rings.